The Bertz CT molecular complexity index is 330. The molecular weight excluding hydrogens is 148 g/mol. The molecule has 2 rings (SSSR count). The molecule has 2 nitrogen and oxygen atoms in total. The monoisotopic (exact) mass is 161 g/mol. The summed E-state index contributed by atoms with van der Waals surface area (Å²) in [4.78, 5) is 4.37. The molecule has 0 saturated heterocycles. The van der Waals surface area contributed by atoms with E-state index < -0.39 is 0 Å². The van der Waals surface area contributed by atoms with Gasteiger partial charge in [0.1, 0.15) is 5.69 Å². The maximum Gasteiger partial charge on any atom is 0.195 e. The van der Waals surface area contributed by atoms with Gasteiger partial charge < -0.3 is 0 Å². The average molecular weight is 161 g/mol. The van der Waals surface area contributed by atoms with Crippen molar-refractivity contribution in [3.05, 3.63) is 24.3 Å². The number of quaternary nitrogens is 1. The van der Waals surface area contributed by atoms with Gasteiger partial charge >= 0.3 is 0 Å². The molecule has 0 N–H and O–H groups in total. The summed E-state index contributed by atoms with van der Waals surface area (Å²) in [5, 5.41) is 0. The molecule has 0 amide bonds. The highest BCUT2D eigenvalue weighted by molar-refractivity contribution is 5.88. The predicted octanol–water partition coefficient (Wildman–Crippen LogP) is 2.32. The fourth-order valence-electron chi connectivity index (χ4n) is 1.51. The highest BCUT2D eigenvalue weighted by Crippen LogP contribution is 2.35. The van der Waals surface area contributed by atoms with Crippen LogP contribution in [0.1, 0.15) is 6.92 Å². The van der Waals surface area contributed by atoms with E-state index in [1.165, 1.54) is 5.69 Å². The molecule has 1 aliphatic heterocycles. The topological polar surface area (TPSA) is 12.4 Å². The Morgan fingerprint density at radius 1 is 1.33 bits per heavy atom. The normalized spacial score (nSPS) is 25.8. The van der Waals surface area contributed by atoms with E-state index in [-0.39, 0.29) is 0 Å². The van der Waals surface area contributed by atoms with Crippen LogP contribution in [0.2, 0.25) is 0 Å². The second-order valence-electron chi connectivity index (χ2n) is 3.32. The van der Waals surface area contributed by atoms with Crippen LogP contribution in [0.4, 0.5) is 11.4 Å². The van der Waals surface area contributed by atoms with E-state index in [2.05, 4.69) is 37.2 Å². The van der Waals surface area contributed by atoms with E-state index in [4.69, 9.17) is 0 Å². The van der Waals surface area contributed by atoms with Crippen molar-refractivity contribution < 1.29 is 0 Å². The molecule has 1 heterocycles. The van der Waals surface area contributed by atoms with Crippen LogP contribution in [0.25, 0.3) is 0 Å². The molecule has 1 aliphatic rings. The van der Waals surface area contributed by atoms with Gasteiger partial charge in [-0.05, 0) is 13.0 Å². The maximum absolute atomic E-state index is 4.37. The number of fused-ring (bicyclic) bond motifs is 1. The molecule has 12 heavy (non-hydrogen) atoms. The molecule has 0 saturated carbocycles. The molecule has 0 bridgehead atoms. The van der Waals surface area contributed by atoms with Gasteiger partial charge in [0.25, 0.3) is 0 Å². The van der Waals surface area contributed by atoms with Crippen molar-refractivity contribution in [2.24, 2.45) is 4.99 Å². The molecule has 0 radical (unpaired) electrons. The van der Waals surface area contributed by atoms with Crippen LogP contribution in [-0.2, 0) is 0 Å². The lowest BCUT2D eigenvalue weighted by Crippen LogP contribution is -2.41. The standard InChI is InChI=1S/C10H13N2/c1-3-12(2)8-11-9-6-4-5-7-10(9)12/h4-8H,3H2,1-2H3/q+1. The van der Waals surface area contributed by atoms with E-state index in [9.17, 15) is 0 Å². The van der Waals surface area contributed by atoms with E-state index in [1.807, 2.05) is 12.4 Å². The summed E-state index contributed by atoms with van der Waals surface area (Å²) in [5.41, 5.74) is 2.42. The summed E-state index contributed by atoms with van der Waals surface area (Å²) < 4.78 is 0.830. The number of nitrogens with zero attached hydrogens (tertiary/aromatic N) is 2. The van der Waals surface area contributed by atoms with Crippen LogP contribution in [0.15, 0.2) is 29.3 Å². The van der Waals surface area contributed by atoms with Crippen LogP contribution in [0, 0.1) is 0 Å². The Labute approximate surface area is 72.8 Å². The minimum absolute atomic E-state index is 0.830. The molecule has 0 aliphatic carbocycles. The molecule has 1 atom stereocenters. The zero-order chi connectivity index (χ0) is 8.60. The van der Waals surface area contributed by atoms with Crippen molar-refractivity contribution in [2.45, 2.75) is 6.92 Å². The van der Waals surface area contributed by atoms with Crippen LogP contribution in [0.5, 0.6) is 0 Å². The summed E-state index contributed by atoms with van der Waals surface area (Å²) in [6, 6.07) is 8.30. The van der Waals surface area contributed by atoms with Crippen molar-refractivity contribution in [3.63, 3.8) is 0 Å². The Hall–Kier alpha value is -1.15. The van der Waals surface area contributed by atoms with Gasteiger partial charge in [-0.15, -0.1) is 0 Å². The molecule has 1 aromatic carbocycles. The Morgan fingerprint density at radius 2 is 2.08 bits per heavy atom. The fraction of sp³-hybridized carbons (Fsp3) is 0.300. The van der Waals surface area contributed by atoms with Crippen molar-refractivity contribution >= 4 is 17.7 Å². The average Bonchev–Trinajstić information content (AvgIpc) is 2.46. The second-order valence-corrected chi connectivity index (χ2v) is 3.32. The first kappa shape index (κ1) is 7.50. The molecule has 0 aromatic heterocycles. The van der Waals surface area contributed by atoms with E-state index in [0.29, 0.717) is 0 Å². The number of rotatable bonds is 1. The van der Waals surface area contributed by atoms with Gasteiger partial charge in [0.2, 0.25) is 0 Å². The maximum atomic E-state index is 4.37. The number of aliphatic imine (C=N–C) groups is 1. The largest absolute Gasteiger partial charge is 0.250 e. The Morgan fingerprint density at radius 3 is 2.83 bits per heavy atom. The quantitative estimate of drug-likeness (QED) is 0.560. The van der Waals surface area contributed by atoms with Gasteiger partial charge in [-0.2, -0.15) is 4.99 Å². The Kier molecular flexibility index (Phi) is 1.51. The van der Waals surface area contributed by atoms with Gasteiger partial charge in [-0.3, -0.25) is 0 Å². The van der Waals surface area contributed by atoms with E-state index in [0.717, 1.165) is 16.7 Å². The molecule has 1 aromatic rings. The third kappa shape index (κ3) is 0.883. The van der Waals surface area contributed by atoms with Crippen LogP contribution < -0.4 is 4.48 Å². The first-order valence-corrected chi connectivity index (χ1v) is 4.26. The summed E-state index contributed by atoms with van der Waals surface area (Å²) in [5.74, 6) is 0. The van der Waals surface area contributed by atoms with Crippen molar-refractivity contribution in [1.82, 2.24) is 4.48 Å². The first-order valence-electron chi connectivity index (χ1n) is 4.26. The lowest BCUT2D eigenvalue weighted by atomic mass is 10.2. The minimum Gasteiger partial charge on any atom is -0.250 e. The fourth-order valence-corrected chi connectivity index (χ4v) is 1.51. The third-order valence-corrected chi connectivity index (χ3v) is 2.54. The molecule has 0 spiro atoms. The molecule has 62 valence electrons. The smallest absolute Gasteiger partial charge is 0.195 e. The minimum atomic E-state index is 0.830. The summed E-state index contributed by atoms with van der Waals surface area (Å²) in [6.45, 7) is 3.23. The van der Waals surface area contributed by atoms with Crippen molar-refractivity contribution in [3.8, 4) is 0 Å². The zero-order valence-corrected chi connectivity index (χ0v) is 7.49. The highest BCUT2D eigenvalue weighted by Gasteiger charge is 2.28. The Balaban J connectivity index is 2.56. The van der Waals surface area contributed by atoms with Gasteiger partial charge in [-0.25, -0.2) is 4.48 Å². The number of para-hydroxylation sites is 2. The lowest BCUT2D eigenvalue weighted by Gasteiger charge is -2.23. The van der Waals surface area contributed by atoms with Gasteiger partial charge in [-0.1, -0.05) is 12.1 Å². The first-order chi connectivity index (χ1) is 5.76. The number of benzene rings is 1. The molecule has 1 unspecified atom stereocenters. The van der Waals surface area contributed by atoms with Gasteiger partial charge in [0.15, 0.2) is 12.0 Å². The SMILES string of the molecule is CC[N+]1(C)C=Nc2ccccc21. The summed E-state index contributed by atoms with van der Waals surface area (Å²) >= 11 is 0. The van der Waals surface area contributed by atoms with Crippen molar-refractivity contribution in [1.29, 1.82) is 0 Å². The van der Waals surface area contributed by atoms with Crippen LogP contribution in [-0.4, -0.2) is 19.9 Å². The van der Waals surface area contributed by atoms with Gasteiger partial charge in [0.05, 0.1) is 13.6 Å². The summed E-state index contributed by atoms with van der Waals surface area (Å²) in [6.07, 6.45) is 2.00. The number of hydrogen-bond acceptors (Lipinski definition) is 1. The molecule has 0 fully saturated rings. The van der Waals surface area contributed by atoms with Crippen LogP contribution >= 0.6 is 0 Å². The van der Waals surface area contributed by atoms with E-state index >= 15 is 0 Å². The number of hydrogen-bond donors (Lipinski definition) is 0. The zero-order valence-electron chi connectivity index (χ0n) is 7.49. The summed E-state index contributed by atoms with van der Waals surface area (Å²) in [7, 11) is 2.18. The van der Waals surface area contributed by atoms with Gasteiger partial charge in [0, 0.05) is 6.07 Å². The second kappa shape index (κ2) is 2.42. The third-order valence-electron chi connectivity index (χ3n) is 2.54. The van der Waals surface area contributed by atoms with E-state index in [1.54, 1.807) is 0 Å². The molecular formula is C10H13N2+. The van der Waals surface area contributed by atoms with Crippen molar-refractivity contribution in [2.75, 3.05) is 13.6 Å². The highest BCUT2D eigenvalue weighted by atomic mass is 15.4. The lowest BCUT2D eigenvalue weighted by molar-refractivity contribution is 0.541. The predicted molar refractivity (Wildman–Crippen MR) is 52.9 cm³/mol. The van der Waals surface area contributed by atoms with Crippen LogP contribution in [0.3, 0.4) is 0 Å². The molecule has 2 heteroatoms.